The summed E-state index contributed by atoms with van der Waals surface area (Å²) in [6.45, 7) is 4.27. The van der Waals surface area contributed by atoms with Crippen molar-refractivity contribution in [3.63, 3.8) is 0 Å². The Bertz CT molecular complexity index is 315. The van der Waals surface area contributed by atoms with Gasteiger partial charge in [0.1, 0.15) is 0 Å². The summed E-state index contributed by atoms with van der Waals surface area (Å²) in [5, 5.41) is 0. The summed E-state index contributed by atoms with van der Waals surface area (Å²) in [6.07, 6.45) is 2.35. The number of benzene rings is 1. The maximum Gasteiger partial charge on any atom is 0.00451 e. The molecule has 2 rings (SSSR count). The fraction of sp³-hybridized carbons (Fsp3) is 0.500. The minimum Gasteiger partial charge on any atom is -0.328 e. The van der Waals surface area contributed by atoms with Crippen LogP contribution in [-0.2, 0) is 12.8 Å². The molecule has 2 N–H and O–H groups in total. The Hall–Kier alpha value is -0.820. The van der Waals surface area contributed by atoms with E-state index in [-0.39, 0.29) is 0 Å². The summed E-state index contributed by atoms with van der Waals surface area (Å²) in [5.41, 5.74) is 10.3. The Balaban J connectivity index is 2.25. The summed E-state index contributed by atoms with van der Waals surface area (Å²) in [6, 6.07) is 7.08. The number of aryl methyl sites for hydroxylation is 1. The van der Waals surface area contributed by atoms with Crippen LogP contribution in [-0.4, -0.2) is 6.04 Å². The Kier molecular flexibility index (Phi) is 2.12. The third kappa shape index (κ3) is 1.61. The second-order valence-corrected chi connectivity index (χ2v) is 4.30. The quantitative estimate of drug-likeness (QED) is 0.694. The maximum atomic E-state index is 5.92. The van der Waals surface area contributed by atoms with E-state index in [4.69, 9.17) is 5.73 Å². The lowest BCUT2D eigenvalue weighted by Crippen LogP contribution is -2.26. The molecule has 0 saturated heterocycles. The lowest BCUT2D eigenvalue weighted by molar-refractivity contribution is 0.467. The van der Waals surface area contributed by atoms with Gasteiger partial charge in [-0.3, -0.25) is 0 Å². The van der Waals surface area contributed by atoms with Crippen LogP contribution >= 0.6 is 0 Å². The smallest absolute Gasteiger partial charge is 0.00451 e. The van der Waals surface area contributed by atoms with E-state index in [1.54, 1.807) is 0 Å². The highest BCUT2D eigenvalue weighted by molar-refractivity contribution is 5.36. The van der Waals surface area contributed by atoms with Crippen molar-refractivity contribution in [1.82, 2.24) is 0 Å². The molecule has 1 aliphatic carbocycles. The van der Waals surface area contributed by atoms with Crippen LogP contribution in [0.1, 0.15) is 23.6 Å². The zero-order valence-corrected chi connectivity index (χ0v) is 8.38. The van der Waals surface area contributed by atoms with Gasteiger partial charge in [0.15, 0.2) is 0 Å². The number of hydrogen-bond acceptors (Lipinski definition) is 1. The van der Waals surface area contributed by atoms with Crippen molar-refractivity contribution in [2.45, 2.75) is 32.7 Å². The maximum absolute atomic E-state index is 5.92. The van der Waals surface area contributed by atoms with Gasteiger partial charge in [-0.05, 0) is 43.7 Å². The largest absolute Gasteiger partial charge is 0.328 e. The first-order chi connectivity index (χ1) is 6.16. The van der Waals surface area contributed by atoms with Gasteiger partial charge >= 0.3 is 0 Å². The Morgan fingerprint density at radius 1 is 1.31 bits per heavy atom. The normalized spacial score (nSPS) is 22.8. The number of hydrogen-bond donors (Lipinski definition) is 1. The van der Waals surface area contributed by atoms with E-state index in [9.17, 15) is 0 Å². The van der Waals surface area contributed by atoms with Gasteiger partial charge in [0.2, 0.25) is 0 Å². The van der Waals surface area contributed by atoms with Crippen molar-refractivity contribution in [2.24, 2.45) is 11.7 Å². The molecular weight excluding hydrogens is 158 g/mol. The Morgan fingerprint density at radius 2 is 2.00 bits per heavy atom. The van der Waals surface area contributed by atoms with Crippen LogP contribution in [0.4, 0.5) is 0 Å². The highest BCUT2D eigenvalue weighted by atomic mass is 14.6. The van der Waals surface area contributed by atoms with Gasteiger partial charge in [-0.15, -0.1) is 0 Å². The molecule has 0 aliphatic heterocycles. The lowest BCUT2D eigenvalue weighted by atomic mass is 9.99. The van der Waals surface area contributed by atoms with Crippen molar-refractivity contribution < 1.29 is 0 Å². The molecule has 2 atom stereocenters. The summed E-state index contributed by atoms with van der Waals surface area (Å²) in [4.78, 5) is 0. The van der Waals surface area contributed by atoms with E-state index >= 15 is 0 Å². The second kappa shape index (κ2) is 3.15. The molecule has 70 valence electrons. The van der Waals surface area contributed by atoms with E-state index in [0.717, 1.165) is 0 Å². The van der Waals surface area contributed by atoms with Gasteiger partial charge in [0, 0.05) is 6.04 Å². The zero-order chi connectivity index (χ0) is 9.42. The molecule has 0 fully saturated rings. The predicted molar refractivity (Wildman–Crippen MR) is 55.7 cm³/mol. The monoisotopic (exact) mass is 175 g/mol. The zero-order valence-electron chi connectivity index (χ0n) is 8.38. The van der Waals surface area contributed by atoms with E-state index in [0.29, 0.717) is 12.0 Å². The van der Waals surface area contributed by atoms with Crippen LogP contribution < -0.4 is 5.73 Å². The number of rotatable bonds is 1. The van der Waals surface area contributed by atoms with Crippen molar-refractivity contribution in [3.8, 4) is 0 Å². The van der Waals surface area contributed by atoms with E-state index < -0.39 is 0 Å². The summed E-state index contributed by atoms with van der Waals surface area (Å²) in [5.74, 6) is 0.664. The van der Waals surface area contributed by atoms with E-state index in [1.165, 1.54) is 29.5 Å². The minimum absolute atomic E-state index is 0.327. The fourth-order valence-corrected chi connectivity index (χ4v) is 2.15. The minimum atomic E-state index is 0.327. The van der Waals surface area contributed by atoms with Gasteiger partial charge in [0.05, 0.1) is 0 Å². The molecule has 13 heavy (non-hydrogen) atoms. The molecule has 0 spiro atoms. The van der Waals surface area contributed by atoms with Gasteiger partial charge in [-0.2, -0.15) is 0 Å². The second-order valence-electron chi connectivity index (χ2n) is 4.30. The summed E-state index contributed by atoms with van der Waals surface area (Å²) < 4.78 is 0. The molecule has 1 aromatic rings. The third-order valence-electron chi connectivity index (χ3n) is 3.07. The Labute approximate surface area is 80.0 Å². The standard InChI is InChI=1S/C12H17N/c1-8-3-4-10-6-11(9(2)13)7-12(10)5-8/h3-5,9,11H,6-7,13H2,1-2H3. The van der Waals surface area contributed by atoms with Crippen LogP contribution in [0.3, 0.4) is 0 Å². The van der Waals surface area contributed by atoms with Crippen LogP contribution in [0.2, 0.25) is 0 Å². The van der Waals surface area contributed by atoms with E-state index in [2.05, 4.69) is 32.0 Å². The molecule has 1 aromatic carbocycles. The molecule has 0 heterocycles. The van der Waals surface area contributed by atoms with Crippen molar-refractivity contribution in [2.75, 3.05) is 0 Å². The van der Waals surface area contributed by atoms with Crippen LogP contribution in [0.15, 0.2) is 18.2 Å². The average molecular weight is 175 g/mol. The van der Waals surface area contributed by atoms with Gasteiger partial charge < -0.3 is 5.73 Å². The topological polar surface area (TPSA) is 26.0 Å². The molecular formula is C12H17N. The molecule has 0 bridgehead atoms. The van der Waals surface area contributed by atoms with Crippen molar-refractivity contribution in [3.05, 3.63) is 34.9 Å². The molecule has 0 aromatic heterocycles. The third-order valence-corrected chi connectivity index (χ3v) is 3.07. The van der Waals surface area contributed by atoms with Crippen molar-refractivity contribution in [1.29, 1.82) is 0 Å². The average Bonchev–Trinajstić information content (AvgIpc) is 2.46. The first kappa shape index (κ1) is 8.76. The SMILES string of the molecule is Cc1ccc2c(c1)CC(C(C)N)C2. The summed E-state index contributed by atoms with van der Waals surface area (Å²) in [7, 11) is 0. The first-order valence-corrected chi connectivity index (χ1v) is 5.01. The van der Waals surface area contributed by atoms with Gasteiger partial charge in [0.25, 0.3) is 0 Å². The molecule has 0 amide bonds. The number of nitrogens with two attached hydrogens (primary N) is 1. The Morgan fingerprint density at radius 3 is 2.69 bits per heavy atom. The number of fused-ring (bicyclic) bond motifs is 1. The molecule has 2 unspecified atom stereocenters. The molecule has 1 nitrogen and oxygen atoms in total. The first-order valence-electron chi connectivity index (χ1n) is 5.01. The van der Waals surface area contributed by atoms with Gasteiger partial charge in [-0.25, -0.2) is 0 Å². The van der Waals surface area contributed by atoms with Crippen LogP contribution in [0, 0.1) is 12.8 Å². The molecule has 0 radical (unpaired) electrons. The highest BCUT2D eigenvalue weighted by Crippen LogP contribution is 2.28. The van der Waals surface area contributed by atoms with Gasteiger partial charge in [-0.1, -0.05) is 23.8 Å². The molecule has 0 saturated carbocycles. The summed E-state index contributed by atoms with van der Waals surface area (Å²) >= 11 is 0. The van der Waals surface area contributed by atoms with Crippen molar-refractivity contribution >= 4 is 0 Å². The van der Waals surface area contributed by atoms with E-state index in [1.807, 2.05) is 0 Å². The highest BCUT2D eigenvalue weighted by Gasteiger charge is 2.23. The lowest BCUT2D eigenvalue weighted by Gasteiger charge is -2.12. The van der Waals surface area contributed by atoms with Crippen LogP contribution in [0.5, 0.6) is 0 Å². The predicted octanol–water partition coefficient (Wildman–Crippen LogP) is 2.06. The molecule has 1 heteroatoms. The van der Waals surface area contributed by atoms with Crippen LogP contribution in [0.25, 0.3) is 0 Å². The fourth-order valence-electron chi connectivity index (χ4n) is 2.15. The molecule has 1 aliphatic rings.